The summed E-state index contributed by atoms with van der Waals surface area (Å²) in [5.74, 6) is 0.365. The molecule has 9 nitrogen and oxygen atoms in total. The lowest BCUT2D eigenvalue weighted by molar-refractivity contribution is -0.385. The van der Waals surface area contributed by atoms with E-state index in [2.05, 4.69) is 5.32 Å². The number of amides is 1. The average molecular weight is 377 g/mol. The molecule has 1 atom stereocenters. The highest BCUT2D eigenvalue weighted by atomic mass is 32.1. The van der Waals surface area contributed by atoms with Crippen LogP contribution in [0.5, 0.6) is 11.5 Å². The van der Waals surface area contributed by atoms with Crippen molar-refractivity contribution in [3.05, 3.63) is 33.5 Å². The summed E-state index contributed by atoms with van der Waals surface area (Å²) < 4.78 is 16.0. The van der Waals surface area contributed by atoms with Crippen molar-refractivity contribution in [2.24, 2.45) is 0 Å². The van der Waals surface area contributed by atoms with Crippen molar-refractivity contribution in [1.82, 2.24) is 10.2 Å². The van der Waals surface area contributed by atoms with E-state index < -0.39 is 4.92 Å². The number of nitro benzene ring substituents is 1. The van der Waals surface area contributed by atoms with E-state index in [-0.39, 0.29) is 40.9 Å². The summed E-state index contributed by atoms with van der Waals surface area (Å²) in [5, 5.41) is 14.5. The number of nitrogens with one attached hydrogen (secondary N) is 1. The molecule has 2 fully saturated rings. The van der Waals surface area contributed by atoms with Crippen LogP contribution in [0.3, 0.4) is 0 Å². The zero-order valence-electron chi connectivity index (χ0n) is 13.6. The second-order valence-corrected chi connectivity index (χ2v) is 6.45. The fourth-order valence-electron chi connectivity index (χ4n) is 3.11. The molecular formula is C16H15N3O6S. The molecule has 0 bridgehead atoms. The first kappa shape index (κ1) is 16.7. The fourth-order valence-corrected chi connectivity index (χ4v) is 3.37. The number of ether oxygens (including phenoxy) is 3. The van der Waals surface area contributed by atoms with Crippen molar-refractivity contribution in [2.45, 2.75) is 18.9 Å². The first-order chi connectivity index (χ1) is 12.5. The molecule has 3 aliphatic heterocycles. The van der Waals surface area contributed by atoms with Gasteiger partial charge in [0, 0.05) is 6.61 Å². The van der Waals surface area contributed by atoms with Crippen molar-refractivity contribution in [3.8, 4) is 11.5 Å². The van der Waals surface area contributed by atoms with Gasteiger partial charge in [0.05, 0.1) is 29.2 Å². The van der Waals surface area contributed by atoms with Gasteiger partial charge in [-0.15, -0.1) is 0 Å². The van der Waals surface area contributed by atoms with Crippen LogP contribution >= 0.6 is 12.2 Å². The Morgan fingerprint density at radius 3 is 2.85 bits per heavy atom. The van der Waals surface area contributed by atoms with Crippen molar-refractivity contribution in [2.75, 3.05) is 19.9 Å². The zero-order chi connectivity index (χ0) is 18.3. The zero-order valence-corrected chi connectivity index (χ0v) is 14.4. The van der Waals surface area contributed by atoms with Gasteiger partial charge >= 0.3 is 0 Å². The smallest absolute Gasteiger partial charge is 0.280 e. The van der Waals surface area contributed by atoms with E-state index in [9.17, 15) is 14.9 Å². The Morgan fingerprint density at radius 2 is 2.15 bits per heavy atom. The van der Waals surface area contributed by atoms with Crippen LogP contribution in [0, 0.1) is 10.1 Å². The Labute approximate surface area is 153 Å². The predicted molar refractivity (Wildman–Crippen MR) is 93.6 cm³/mol. The molecule has 26 heavy (non-hydrogen) atoms. The highest BCUT2D eigenvalue weighted by Crippen LogP contribution is 2.38. The molecule has 0 spiro atoms. The van der Waals surface area contributed by atoms with E-state index >= 15 is 0 Å². The molecule has 1 unspecified atom stereocenters. The van der Waals surface area contributed by atoms with Crippen LogP contribution in [0.15, 0.2) is 17.8 Å². The van der Waals surface area contributed by atoms with Crippen molar-refractivity contribution < 1.29 is 23.9 Å². The van der Waals surface area contributed by atoms with Gasteiger partial charge in [-0.05, 0) is 37.2 Å². The molecule has 1 aromatic rings. The van der Waals surface area contributed by atoms with Gasteiger partial charge in [0.25, 0.3) is 11.6 Å². The van der Waals surface area contributed by atoms with Gasteiger partial charge in [0.2, 0.25) is 6.79 Å². The minimum atomic E-state index is -0.532. The highest BCUT2D eigenvalue weighted by Gasteiger charge is 2.34. The number of rotatable bonds is 4. The molecule has 3 heterocycles. The average Bonchev–Trinajstić information content (AvgIpc) is 3.32. The minimum absolute atomic E-state index is 0.00292. The SMILES string of the molecule is O=C1/C(=C\c2cc3c(cc2[N+](=O)[O-])OCO3)NC(=S)N1CC1CCCO1. The summed E-state index contributed by atoms with van der Waals surface area (Å²) in [4.78, 5) is 24.9. The van der Waals surface area contributed by atoms with Crippen LogP contribution in [-0.2, 0) is 9.53 Å². The van der Waals surface area contributed by atoms with E-state index in [0.29, 0.717) is 24.7 Å². The first-order valence-corrected chi connectivity index (χ1v) is 8.48. The Balaban J connectivity index is 1.63. The Bertz CT molecular complexity index is 834. The van der Waals surface area contributed by atoms with Crippen molar-refractivity contribution >= 4 is 35.0 Å². The topological polar surface area (TPSA) is 103 Å². The van der Waals surface area contributed by atoms with Crippen molar-refractivity contribution in [3.63, 3.8) is 0 Å². The maximum atomic E-state index is 12.6. The summed E-state index contributed by atoms with van der Waals surface area (Å²) in [6.07, 6.45) is 3.19. The molecule has 0 radical (unpaired) electrons. The fraction of sp³-hybridized carbons (Fsp3) is 0.375. The predicted octanol–water partition coefficient (Wildman–Crippen LogP) is 1.56. The number of nitro groups is 1. The number of carbonyl (C=O) groups excluding carboxylic acids is 1. The molecule has 3 aliphatic rings. The lowest BCUT2D eigenvalue weighted by atomic mass is 10.1. The number of hydrogen-bond acceptors (Lipinski definition) is 7. The van der Waals surface area contributed by atoms with Crippen LogP contribution in [-0.4, -0.2) is 46.9 Å². The number of nitrogens with zero attached hydrogens (tertiary/aromatic N) is 2. The van der Waals surface area contributed by atoms with Crippen LogP contribution in [0.2, 0.25) is 0 Å². The summed E-state index contributed by atoms with van der Waals surface area (Å²) >= 11 is 5.23. The van der Waals surface area contributed by atoms with Crippen LogP contribution in [0.1, 0.15) is 18.4 Å². The quantitative estimate of drug-likeness (QED) is 0.365. The number of hydrogen-bond donors (Lipinski definition) is 1. The molecule has 1 amide bonds. The standard InChI is InChI=1S/C16H15N3O6S/c20-15-11(17-16(26)18(15)7-10-2-1-3-23-10)4-9-5-13-14(25-8-24-13)6-12(9)19(21)22/h4-6,10H,1-3,7-8H2,(H,17,26)/b11-4+. The number of carbonyl (C=O) groups is 1. The van der Waals surface area contributed by atoms with Gasteiger partial charge in [-0.2, -0.15) is 0 Å². The summed E-state index contributed by atoms with van der Waals surface area (Å²) in [6.45, 7) is 1.05. The number of thiocarbonyl (C=S) groups is 1. The van der Waals surface area contributed by atoms with E-state index in [1.165, 1.54) is 23.1 Å². The summed E-state index contributed by atoms with van der Waals surface area (Å²) in [5.41, 5.74) is 0.228. The minimum Gasteiger partial charge on any atom is -0.454 e. The van der Waals surface area contributed by atoms with Gasteiger partial charge in [-0.1, -0.05) is 0 Å². The summed E-state index contributed by atoms with van der Waals surface area (Å²) in [6, 6.07) is 2.77. The maximum Gasteiger partial charge on any atom is 0.280 e. The van der Waals surface area contributed by atoms with E-state index in [1.807, 2.05) is 0 Å². The van der Waals surface area contributed by atoms with Crippen LogP contribution in [0.25, 0.3) is 6.08 Å². The number of benzene rings is 1. The monoisotopic (exact) mass is 377 g/mol. The first-order valence-electron chi connectivity index (χ1n) is 8.07. The van der Waals surface area contributed by atoms with Crippen LogP contribution in [0.4, 0.5) is 5.69 Å². The summed E-state index contributed by atoms with van der Waals surface area (Å²) in [7, 11) is 0. The largest absolute Gasteiger partial charge is 0.454 e. The van der Waals surface area contributed by atoms with Gasteiger partial charge < -0.3 is 19.5 Å². The third-order valence-electron chi connectivity index (χ3n) is 4.39. The number of fused-ring (bicyclic) bond motifs is 1. The Morgan fingerprint density at radius 1 is 1.38 bits per heavy atom. The molecule has 0 aliphatic carbocycles. The second kappa shape index (κ2) is 6.54. The molecule has 1 N–H and O–H groups in total. The molecule has 1 aromatic carbocycles. The molecule has 136 valence electrons. The Kier molecular flexibility index (Phi) is 4.21. The van der Waals surface area contributed by atoms with Gasteiger partial charge in [0.1, 0.15) is 5.70 Å². The third-order valence-corrected chi connectivity index (χ3v) is 4.71. The molecule has 0 aromatic heterocycles. The van der Waals surface area contributed by atoms with Crippen molar-refractivity contribution in [1.29, 1.82) is 0 Å². The second-order valence-electron chi connectivity index (χ2n) is 6.06. The van der Waals surface area contributed by atoms with Gasteiger partial charge in [-0.3, -0.25) is 19.8 Å². The van der Waals surface area contributed by atoms with Gasteiger partial charge in [0.15, 0.2) is 16.6 Å². The third kappa shape index (κ3) is 2.97. The van der Waals surface area contributed by atoms with Crippen LogP contribution < -0.4 is 14.8 Å². The van der Waals surface area contributed by atoms with E-state index in [1.54, 1.807) is 0 Å². The van der Waals surface area contributed by atoms with E-state index in [0.717, 1.165) is 12.8 Å². The molecule has 4 rings (SSSR count). The molecule has 10 heteroatoms. The Hall–Kier alpha value is -2.72. The van der Waals surface area contributed by atoms with E-state index in [4.69, 9.17) is 26.4 Å². The maximum absolute atomic E-state index is 12.6. The highest BCUT2D eigenvalue weighted by molar-refractivity contribution is 7.80. The molecule has 0 saturated carbocycles. The lowest BCUT2D eigenvalue weighted by Gasteiger charge is -2.18. The lowest BCUT2D eigenvalue weighted by Crippen LogP contribution is -2.37. The molecular weight excluding hydrogens is 362 g/mol. The molecule has 2 saturated heterocycles. The van der Waals surface area contributed by atoms with Gasteiger partial charge in [-0.25, -0.2) is 0 Å². The normalized spacial score (nSPS) is 23.0.